The summed E-state index contributed by atoms with van der Waals surface area (Å²) in [7, 11) is 1.49. The van der Waals surface area contributed by atoms with Gasteiger partial charge in [0.25, 0.3) is 11.8 Å². The third-order valence-corrected chi connectivity index (χ3v) is 7.03. The van der Waals surface area contributed by atoms with E-state index in [0.717, 1.165) is 0 Å². The smallest absolute Gasteiger partial charge is 0.270 e. The monoisotopic (exact) mass is 578 g/mol. The Bertz CT molecular complexity index is 1380. The molecule has 0 unspecified atom stereocenters. The second-order valence-corrected chi connectivity index (χ2v) is 10.3. The Morgan fingerprint density at radius 1 is 1.03 bits per heavy atom. The van der Waals surface area contributed by atoms with E-state index in [-0.39, 0.29) is 12.5 Å². The highest BCUT2D eigenvalue weighted by Crippen LogP contribution is 2.37. The minimum Gasteiger partial charge on any atom is -0.493 e. The third-order valence-electron chi connectivity index (χ3n) is 4.93. The van der Waals surface area contributed by atoms with Gasteiger partial charge >= 0.3 is 0 Å². The fourth-order valence-electron chi connectivity index (χ4n) is 3.25. The maximum absolute atomic E-state index is 13.0. The summed E-state index contributed by atoms with van der Waals surface area (Å²) >= 11 is 24.5. The van der Waals surface area contributed by atoms with E-state index in [0.29, 0.717) is 52.7 Å². The first kappa shape index (κ1) is 26.3. The Kier molecular flexibility index (Phi) is 8.43. The highest BCUT2D eigenvalue weighted by Gasteiger charge is 2.33. The van der Waals surface area contributed by atoms with Crippen molar-refractivity contribution in [1.82, 2.24) is 0 Å². The highest BCUT2D eigenvalue weighted by atomic mass is 35.5. The number of nitrogens with zero attached hydrogens (tertiary/aromatic N) is 1. The normalized spacial score (nSPS) is 14.3. The topological polar surface area (TPSA) is 67.9 Å². The van der Waals surface area contributed by atoms with Gasteiger partial charge in [0.05, 0.1) is 28.4 Å². The standard InChI is InChI=1S/C25H17Cl3N2O4S2/c1-33-21-10-14(11-22-24(32)30(25(35)36-22)17-6-3-15(26)4-7-17)2-9-20(21)34-13-23(31)29-19-8-5-16(27)12-18(19)28/h2-12H,13H2,1H3,(H,29,31)/b22-11-. The summed E-state index contributed by atoms with van der Waals surface area (Å²) in [6.07, 6.45) is 1.72. The first-order valence-corrected chi connectivity index (χ1v) is 12.7. The number of thioether (sulfide) groups is 1. The number of carbonyl (C=O) groups excluding carboxylic acids is 2. The predicted octanol–water partition coefficient (Wildman–Crippen LogP) is 7.08. The molecular formula is C25H17Cl3N2O4S2. The number of nitrogens with one attached hydrogen (secondary N) is 1. The molecule has 1 aliphatic heterocycles. The molecule has 0 atom stereocenters. The quantitative estimate of drug-likeness (QED) is 0.238. The van der Waals surface area contributed by atoms with Crippen LogP contribution in [0.15, 0.2) is 65.6 Å². The van der Waals surface area contributed by atoms with Crippen LogP contribution in [-0.2, 0) is 9.59 Å². The Hall–Kier alpha value is -2.75. The molecule has 3 aromatic rings. The van der Waals surface area contributed by atoms with Crippen molar-refractivity contribution in [2.45, 2.75) is 0 Å². The number of thiocarbonyl (C=S) groups is 1. The minimum atomic E-state index is -0.406. The van der Waals surface area contributed by atoms with Crippen molar-refractivity contribution in [3.63, 3.8) is 0 Å². The molecule has 0 saturated carbocycles. The summed E-state index contributed by atoms with van der Waals surface area (Å²) in [6, 6.07) is 16.8. The molecule has 1 heterocycles. The molecule has 0 bridgehead atoms. The van der Waals surface area contributed by atoms with Gasteiger partial charge < -0.3 is 14.8 Å². The molecule has 0 aromatic heterocycles. The lowest BCUT2D eigenvalue weighted by molar-refractivity contribution is -0.118. The van der Waals surface area contributed by atoms with Gasteiger partial charge in [-0.05, 0) is 66.2 Å². The fraction of sp³-hybridized carbons (Fsp3) is 0.0800. The lowest BCUT2D eigenvalue weighted by Gasteiger charge is -2.14. The van der Waals surface area contributed by atoms with E-state index in [4.69, 9.17) is 56.5 Å². The summed E-state index contributed by atoms with van der Waals surface area (Å²) in [4.78, 5) is 27.2. The molecule has 1 N–H and O–H groups in total. The Balaban J connectivity index is 1.45. The molecule has 36 heavy (non-hydrogen) atoms. The molecule has 11 heteroatoms. The maximum atomic E-state index is 13.0. The molecule has 6 nitrogen and oxygen atoms in total. The fourth-order valence-corrected chi connectivity index (χ4v) is 5.13. The number of amides is 2. The molecule has 0 radical (unpaired) electrons. The van der Waals surface area contributed by atoms with Crippen LogP contribution in [0.2, 0.25) is 15.1 Å². The summed E-state index contributed by atoms with van der Waals surface area (Å²) in [5.74, 6) is 0.121. The molecule has 2 amide bonds. The molecule has 1 saturated heterocycles. The van der Waals surface area contributed by atoms with Crippen LogP contribution in [-0.4, -0.2) is 29.9 Å². The SMILES string of the molecule is COc1cc(/C=C2\SC(=S)N(c3ccc(Cl)cc3)C2=O)ccc1OCC(=O)Nc1ccc(Cl)cc1Cl. The lowest BCUT2D eigenvalue weighted by Crippen LogP contribution is -2.27. The van der Waals surface area contributed by atoms with E-state index in [1.54, 1.807) is 60.7 Å². The van der Waals surface area contributed by atoms with E-state index >= 15 is 0 Å². The molecule has 0 spiro atoms. The van der Waals surface area contributed by atoms with Gasteiger partial charge in [0.1, 0.15) is 0 Å². The van der Waals surface area contributed by atoms with Crippen molar-refractivity contribution in [1.29, 1.82) is 0 Å². The number of carbonyl (C=O) groups is 2. The Morgan fingerprint density at radius 2 is 1.75 bits per heavy atom. The Labute approximate surface area is 232 Å². The van der Waals surface area contributed by atoms with Gasteiger partial charge in [-0.2, -0.15) is 0 Å². The lowest BCUT2D eigenvalue weighted by atomic mass is 10.2. The molecule has 0 aliphatic carbocycles. The number of rotatable bonds is 7. The van der Waals surface area contributed by atoms with E-state index in [9.17, 15) is 9.59 Å². The third kappa shape index (κ3) is 6.14. The van der Waals surface area contributed by atoms with Gasteiger partial charge in [-0.3, -0.25) is 14.5 Å². The summed E-state index contributed by atoms with van der Waals surface area (Å²) in [6.45, 7) is -0.269. The van der Waals surface area contributed by atoms with E-state index in [1.165, 1.54) is 29.8 Å². The van der Waals surface area contributed by atoms with Crippen molar-refractivity contribution in [2.75, 3.05) is 23.9 Å². The van der Waals surface area contributed by atoms with Gasteiger partial charge in [0.15, 0.2) is 22.4 Å². The predicted molar refractivity (Wildman–Crippen MR) is 151 cm³/mol. The molecule has 1 aliphatic rings. The van der Waals surface area contributed by atoms with Gasteiger partial charge in [-0.1, -0.05) is 64.8 Å². The zero-order chi connectivity index (χ0) is 25.8. The molecule has 1 fully saturated rings. The first-order chi connectivity index (χ1) is 17.2. The van der Waals surface area contributed by atoms with Gasteiger partial charge in [-0.15, -0.1) is 0 Å². The van der Waals surface area contributed by atoms with E-state index in [1.807, 2.05) is 0 Å². The van der Waals surface area contributed by atoms with Crippen LogP contribution in [0.3, 0.4) is 0 Å². The van der Waals surface area contributed by atoms with Crippen LogP contribution in [0.1, 0.15) is 5.56 Å². The molecular weight excluding hydrogens is 563 g/mol. The zero-order valence-corrected chi connectivity index (χ0v) is 22.5. The van der Waals surface area contributed by atoms with Crippen LogP contribution < -0.4 is 19.7 Å². The summed E-state index contributed by atoms with van der Waals surface area (Å²) < 4.78 is 11.5. The summed E-state index contributed by atoms with van der Waals surface area (Å²) in [5.41, 5.74) is 1.77. The molecule has 184 valence electrons. The number of hydrogen-bond donors (Lipinski definition) is 1. The van der Waals surface area contributed by atoms with Gasteiger partial charge in [0, 0.05) is 10.0 Å². The van der Waals surface area contributed by atoms with Crippen molar-refractivity contribution < 1.29 is 19.1 Å². The average molecular weight is 580 g/mol. The number of ether oxygens (including phenoxy) is 2. The highest BCUT2D eigenvalue weighted by molar-refractivity contribution is 8.27. The van der Waals surface area contributed by atoms with Crippen molar-refractivity contribution in [3.8, 4) is 11.5 Å². The van der Waals surface area contributed by atoms with Gasteiger partial charge in [0.2, 0.25) is 0 Å². The van der Waals surface area contributed by atoms with E-state index < -0.39 is 5.91 Å². The zero-order valence-electron chi connectivity index (χ0n) is 18.6. The van der Waals surface area contributed by atoms with Crippen molar-refractivity contribution >= 4 is 92.4 Å². The van der Waals surface area contributed by atoms with Crippen LogP contribution >= 0.6 is 58.8 Å². The van der Waals surface area contributed by atoms with Crippen molar-refractivity contribution in [3.05, 3.63) is 86.2 Å². The second kappa shape index (κ2) is 11.5. The average Bonchev–Trinajstić information content (AvgIpc) is 3.13. The van der Waals surface area contributed by atoms with Crippen LogP contribution in [0.25, 0.3) is 6.08 Å². The maximum Gasteiger partial charge on any atom is 0.270 e. The number of hydrogen-bond acceptors (Lipinski definition) is 6. The first-order valence-electron chi connectivity index (χ1n) is 10.3. The van der Waals surface area contributed by atoms with Crippen molar-refractivity contribution in [2.24, 2.45) is 0 Å². The molecule has 4 rings (SSSR count). The van der Waals surface area contributed by atoms with Gasteiger partial charge in [-0.25, -0.2) is 0 Å². The Morgan fingerprint density at radius 3 is 2.44 bits per heavy atom. The number of methoxy groups -OCH3 is 1. The number of halogens is 3. The van der Waals surface area contributed by atoms with Crippen LogP contribution in [0.4, 0.5) is 11.4 Å². The minimum absolute atomic E-state index is 0.232. The number of benzene rings is 3. The van der Waals surface area contributed by atoms with Crippen LogP contribution in [0, 0.1) is 0 Å². The van der Waals surface area contributed by atoms with E-state index in [2.05, 4.69) is 5.32 Å². The van der Waals surface area contributed by atoms with Crippen LogP contribution in [0.5, 0.6) is 11.5 Å². The number of anilines is 2. The molecule has 3 aromatic carbocycles. The second-order valence-electron chi connectivity index (χ2n) is 7.36. The largest absolute Gasteiger partial charge is 0.493 e. The summed E-state index contributed by atoms with van der Waals surface area (Å²) in [5, 5.41) is 4.02.